The SMILES string of the molecule is CCCCCCCCCNc1ccc(F)c(C(=O)c2c[nH]c3ncc(C#N)cc23)c1F.CCCS(=O)(=O)O. The molecule has 3 rings (SSSR count). The number of nitriles is 1. The molecule has 3 N–H and O–H groups in total. The minimum absolute atomic E-state index is 0.0710. The van der Waals surface area contributed by atoms with E-state index in [0.717, 1.165) is 25.3 Å². The molecule has 1 aromatic carbocycles. The summed E-state index contributed by atoms with van der Waals surface area (Å²) in [5.41, 5.74) is 0.185. The smallest absolute Gasteiger partial charge is 0.264 e. The summed E-state index contributed by atoms with van der Waals surface area (Å²) in [6.45, 7) is 4.42. The van der Waals surface area contributed by atoms with E-state index in [4.69, 9.17) is 9.81 Å². The Balaban J connectivity index is 0.000000638. The van der Waals surface area contributed by atoms with Gasteiger partial charge in [0.15, 0.2) is 5.82 Å². The molecule has 0 fully saturated rings. The summed E-state index contributed by atoms with van der Waals surface area (Å²) in [5.74, 6) is -2.76. The Kier molecular flexibility index (Phi) is 12.3. The number of H-pyrrole nitrogens is 1. The molecule has 3 aromatic rings. The lowest BCUT2D eigenvalue weighted by Gasteiger charge is -2.11. The summed E-state index contributed by atoms with van der Waals surface area (Å²) < 4.78 is 57.0. The molecule has 0 aliphatic carbocycles. The summed E-state index contributed by atoms with van der Waals surface area (Å²) in [4.78, 5) is 19.8. The third-order valence-corrected chi connectivity index (χ3v) is 6.71. The van der Waals surface area contributed by atoms with Crippen LogP contribution in [0.3, 0.4) is 0 Å². The monoisotopic (exact) mass is 548 g/mol. The quantitative estimate of drug-likeness (QED) is 0.128. The van der Waals surface area contributed by atoms with Gasteiger partial charge in [-0.3, -0.25) is 9.35 Å². The lowest BCUT2D eigenvalue weighted by atomic mass is 10.0. The molecule has 0 saturated heterocycles. The second-order valence-electron chi connectivity index (χ2n) is 8.88. The Labute approximate surface area is 222 Å². The molecule has 0 aliphatic rings. The number of hydrogen-bond donors (Lipinski definition) is 3. The Morgan fingerprint density at radius 3 is 2.39 bits per heavy atom. The predicted molar refractivity (Wildman–Crippen MR) is 144 cm³/mol. The van der Waals surface area contributed by atoms with Gasteiger partial charge in [0, 0.05) is 29.9 Å². The fraction of sp³-hybridized carbons (Fsp3) is 0.444. The average molecular weight is 549 g/mol. The van der Waals surface area contributed by atoms with E-state index >= 15 is 4.39 Å². The van der Waals surface area contributed by atoms with Gasteiger partial charge >= 0.3 is 0 Å². The van der Waals surface area contributed by atoms with Crippen LogP contribution in [-0.4, -0.2) is 41.0 Å². The van der Waals surface area contributed by atoms with Crippen molar-refractivity contribution in [1.29, 1.82) is 5.26 Å². The van der Waals surface area contributed by atoms with E-state index in [1.165, 1.54) is 50.2 Å². The maximum absolute atomic E-state index is 15.0. The minimum atomic E-state index is -3.67. The molecule has 0 aliphatic heterocycles. The van der Waals surface area contributed by atoms with Gasteiger partial charge < -0.3 is 10.3 Å². The largest absolute Gasteiger partial charge is 0.383 e. The molecule has 0 spiro atoms. The number of aromatic nitrogens is 2. The summed E-state index contributed by atoms with van der Waals surface area (Å²) in [7, 11) is -3.67. The van der Waals surface area contributed by atoms with Gasteiger partial charge in [-0.25, -0.2) is 13.8 Å². The van der Waals surface area contributed by atoms with Crippen LogP contribution >= 0.6 is 0 Å². The zero-order valence-electron chi connectivity index (χ0n) is 21.7. The van der Waals surface area contributed by atoms with Gasteiger partial charge in [-0.15, -0.1) is 0 Å². The van der Waals surface area contributed by atoms with Gasteiger partial charge in [0.2, 0.25) is 5.78 Å². The molecule has 0 unspecified atom stereocenters. The van der Waals surface area contributed by atoms with E-state index in [2.05, 4.69) is 22.2 Å². The van der Waals surface area contributed by atoms with Gasteiger partial charge in [0.1, 0.15) is 17.5 Å². The van der Waals surface area contributed by atoms with Crippen molar-refractivity contribution < 1.29 is 26.5 Å². The van der Waals surface area contributed by atoms with Gasteiger partial charge in [-0.05, 0) is 31.0 Å². The number of carbonyl (C=O) groups excluding carboxylic acids is 1. The van der Waals surface area contributed by atoms with Crippen LogP contribution in [0.5, 0.6) is 0 Å². The Morgan fingerprint density at radius 1 is 1.11 bits per heavy atom. The number of unbranched alkanes of at least 4 members (excludes halogenated alkanes) is 6. The van der Waals surface area contributed by atoms with Crippen molar-refractivity contribution in [2.24, 2.45) is 0 Å². The fourth-order valence-corrected chi connectivity index (χ4v) is 4.36. The molecule has 206 valence electrons. The van der Waals surface area contributed by atoms with E-state index in [1.807, 2.05) is 6.07 Å². The zero-order chi connectivity index (χ0) is 28.1. The maximum atomic E-state index is 15.0. The lowest BCUT2D eigenvalue weighted by molar-refractivity contribution is 0.103. The summed E-state index contributed by atoms with van der Waals surface area (Å²) in [6, 6.07) is 5.83. The molecule has 8 nitrogen and oxygen atoms in total. The highest BCUT2D eigenvalue weighted by molar-refractivity contribution is 7.85. The first kappa shape index (κ1) is 30.9. The van der Waals surface area contributed by atoms with Crippen LogP contribution in [0.25, 0.3) is 11.0 Å². The highest BCUT2D eigenvalue weighted by atomic mass is 32.2. The maximum Gasteiger partial charge on any atom is 0.264 e. The van der Waals surface area contributed by atoms with Crippen molar-refractivity contribution in [2.75, 3.05) is 17.6 Å². The van der Waals surface area contributed by atoms with Crippen LogP contribution < -0.4 is 5.32 Å². The third-order valence-electron chi connectivity index (χ3n) is 5.78. The number of nitrogens with zero attached hydrogens (tertiary/aromatic N) is 2. The summed E-state index contributed by atoms with van der Waals surface area (Å²) in [5, 5.41) is 12.4. The standard InChI is InChI=1S/C24H26F2N4O.C3H8O3S/c1-2-3-4-5-6-7-8-11-28-20-10-9-19(25)21(22(20)26)23(31)18-15-30-24-17(18)12-16(13-27)14-29-24;1-2-3-7(4,5)6/h9-10,12,14-15,28H,2-8,11H2,1H3,(H,29,30);2-3H2,1H3,(H,4,5,6). The third kappa shape index (κ3) is 9.19. The van der Waals surface area contributed by atoms with Gasteiger partial charge in [0.25, 0.3) is 10.1 Å². The average Bonchev–Trinajstić information content (AvgIpc) is 3.29. The second-order valence-corrected chi connectivity index (χ2v) is 10.5. The molecule has 0 amide bonds. The molecule has 0 radical (unpaired) electrons. The number of nitrogens with one attached hydrogen (secondary N) is 2. The second kappa shape index (κ2) is 15.1. The first-order valence-electron chi connectivity index (χ1n) is 12.7. The van der Waals surface area contributed by atoms with E-state index in [0.29, 0.717) is 24.0 Å². The van der Waals surface area contributed by atoms with Crippen LogP contribution in [0, 0.1) is 23.0 Å². The Morgan fingerprint density at radius 2 is 1.79 bits per heavy atom. The van der Waals surface area contributed by atoms with Crippen LogP contribution in [-0.2, 0) is 10.1 Å². The summed E-state index contributed by atoms with van der Waals surface area (Å²) >= 11 is 0. The zero-order valence-corrected chi connectivity index (χ0v) is 22.5. The number of hydrogen-bond acceptors (Lipinski definition) is 6. The number of pyridine rings is 1. The molecule has 2 heterocycles. The lowest BCUT2D eigenvalue weighted by Crippen LogP contribution is -2.11. The number of halogens is 2. The topological polar surface area (TPSA) is 136 Å². The molecule has 0 saturated carbocycles. The normalized spacial score (nSPS) is 11.1. The van der Waals surface area contributed by atoms with E-state index in [9.17, 15) is 17.6 Å². The van der Waals surface area contributed by atoms with Crippen molar-refractivity contribution in [3.05, 3.63) is 58.9 Å². The van der Waals surface area contributed by atoms with Gasteiger partial charge in [-0.2, -0.15) is 13.7 Å². The highest BCUT2D eigenvalue weighted by Gasteiger charge is 2.24. The molecular weight excluding hydrogens is 514 g/mol. The van der Waals surface area contributed by atoms with Crippen molar-refractivity contribution in [3.63, 3.8) is 0 Å². The Bertz CT molecular complexity index is 1370. The summed E-state index contributed by atoms with van der Waals surface area (Å²) in [6.07, 6.45) is 11.1. The highest BCUT2D eigenvalue weighted by Crippen LogP contribution is 2.27. The number of anilines is 1. The number of fused-ring (bicyclic) bond motifs is 1. The number of rotatable bonds is 13. The van der Waals surface area contributed by atoms with Crippen molar-refractivity contribution in [3.8, 4) is 6.07 Å². The number of ketones is 1. The molecule has 38 heavy (non-hydrogen) atoms. The number of carbonyl (C=O) groups is 1. The van der Waals surface area contributed by atoms with Gasteiger partial charge in [-0.1, -0.05) is 52.4 Å². The van der Waals surface area contributed by atoms with E-state index in [1.54, 1.807) is 6.92 Å². The van der Waals surface area contributed by atoms with Crippen LogP contribution in [0.2, 0.25) is 0 Å². The minimum Gasteiger partial charge on any atom is -0.383 e. The Hall–Kier alpha value is -3.36. The molecule has 11 heteroatoms. The van der Waals surface area contributed by atoms with Gasteiger partial charge in [0.05, 0.1) is 22.6 Å². The van der Waals surface area contributed by atoms with Crippen LogP contribution in [0.15, 0.2) is 30.6 Å². The molecule has 2 aromatic heterocycles. The van der Waals surface area contributed by atoms with Crippen LogP contribution in [0.1, 0.15) is 86.7 Å². The first-order valence-corrected chi connectivity index (χ1v) is 14.3. The molecule has 0 atom stereocenters. The number of benzene rings is 1. The first-order chi connectivity index (χ1) is 18.1. The number of aromatic amines is 1. The van der Waals surface area contributed by atoms with Crippen LogP contribution in [0.4, 0.5) is 14.5 Å². The molecular formula is C27H34F2N4O4S. The fourth-order valence-electron chi connectivity index (χ4n) is 3.85. The van der Waals surface area contributed by atoms with Crippen molar-refractivity contribution >= 4 is 32.6 Å². The van der Waals surface area contributed by atoms with E-state index in [-0.39, 0.29) is 22.6 Å². The van der Waals surface area contributed by atoms with E-state index < -0.39 is 33.1 Å². The van der Waals surface area contributed by atoms with Crippen molar-refractivity contribution in [2.45, 2.75) is 65.2 Å². The predicted octanol–water partition coefficient (Wildman–Crippen LogP) is 6.39. The molecule has 0 bridgehead atoms. The van der Waals surface area contributed by atoms with Crippen molar-refractivity contribution in [1.82, 2.24) is 9.97 Å².